The number of likely N-dealkylation sites (tertiary alicyclic amines) is 1. The molecule has 6 heterocycles. The van der Waals surface area contributed by atoms with E-state index in [2.05, 4.69) is 20.2 Å². The molecule has 0 atom stereocenters. The number of halogens is 2. The van der Waals surface area contributed by atoms with Crippen LogP contribution in [0.2, 0.25) is 5.02 Å². The van der Waals surface area contributed by atoms with Crippen LogP contribution in [0.15, 0.2) is 55.0 Å². The molecule has 1 aromatic carbocycles. The predicted octanol–water partition coefficient (Wildman–Crippen LogP) is 4.96. The highest BCUT2D eigenvalue weighted by Crippen LogP contribution is 2.41. The fourth-order valence-corrected chi connectivity index (χ4v) is 6.23. The van der Waals surface area contributed by atoms with Gasteiger partial charge in [0.25, 0.3) is 5.91 Å². The van der Waals surface area contributed by atoms with E-state index in [-0.39, 0.29) is 22.0 Å². The van der Waals surface area contributed by atoms with Crippen molar-refractivity contribution in [1.82, 2.24) is 29.7 Å². The molecule has 0 aliphatic carbocycles. The summed E-state index contributed by atoms with van der Waals surface area (Å²) in [7, 11) is 0. The molecule has 2 saturated heterocycles. The van der Waals surface area contributed by atoms with E-state index < -0.39 is 5.82 Å². The average Bonchev–Trinajstić information content (AvgIpc) is 3.62. The van der Waals surface area contributed by atoms with Crippen LogP contribution in [-0.4, -0.2) is 67.4 Å². The number of aromatic amines is 1. The highest BCUT2D eigenvalue weighted by atomic mass is 35.5. The van der Waals surface area contributed by atoms with Crippen LogP contribution >= 0.6 is 11.6 Å². The first-order chi connectivity index (χ1) is 19.0. The molecular weight excluding hydrogens is 521 g/mol. The van der Waals surface area contributed by atoms with E-state index in [0.29, 0.717) is 37.6 Å². The number of hydrogen-bond acceptors (Lipinski definition) is 6. The lowest BCUT2D eigenvalue weighted by Crippen LogP contribution is -2.69. The maximum atomic E-state index is 14.5. The summed E-state index contributed by atoms with van der Waals surface area (Å²) in [5, 5.41) is 12.7. The minimum atomic E-state index is -0.587. The van der Waals surface area contributed by atoms with Crippen molar-refractivity contribution in [3.63, 3.8) is 0 Å². The molecule has 2 fully saturated rings. The lowest BCUT2D eigenvalue weighted by Gasteiger charge is -2.53. The summed E-state index contributed by atoms with van der Waals surface area (Å²) in [5.41, 5.74) is 3.10. The van der Waals surface area contributed by atoms with Gasteiger partial charge in [-0.3, -0.25) is 9.89 Å². The number of aromatic nitrogens is 5. The Bertz CT molecular complexity index is 1710. The summed E-state index contributed by atoms with van der Waals surface area (Å²) in [6.07, 6.45) is 7.22. The fraction of sp³-hybridized carbons (Fsp3) is 0.286. The van der Waals surface area contributed by atoms with Gasteiger partial charge in [-0.2, -0.15) is 5.10 Å². The van der Waals surface area contributed by atoms with Crippen molar-refractivity contribution < 1.29 is 13.9 Å². The Hall–Kier alpha value is -4.18. The number of H-pyrrole nitrogens is 1. The van der Waals surface area contributed by atoms with Gasteiger partial charge >= 0.3 is 0 Å². The number of hydrogen-bond donors (Lipinski definition) is 1. The fourth-order valence-electron chi connectivity index (χ4n) is 5.99. The SMILES string of the molecule is CCOc1cc(-c2ccc(N3CC4(CCCN4C(=O)c4c(F)cccc4Cl)C3)nc2)c2c3cn[nH]c3nn2c1. The zero-order valence-corrected chi connectivity index (χ0v) is 22.0. The molecule has 9 nitrogen and oxygen atoms in total. The highest BCUT2D eigenvalue weighted by Gasteiger charge is 2.53. The van der Waals surface area contributed by atoms with Crippen LogP contribution in [0, 0.1) is 5.82 Å². The molecule has 0 radical (unpaired) electrons. The van der Waals surface area contributed by atoms with Gasteiger partial charge in [-0.05, 0) is 50.1 Å². The number of fused-ring (bicyclic) bond motifs is 3. The van der Waals surface area contributed by atoms with Gasteiger partial charge in [-0.1, -0.05) is 17.7 Å². The molecule has 1 amide bonds. The minimum absolute atomic E-state index is 0.0476. The Kier molecular flexibility index (Phi) is 5.48. The molecule has 4 aromatic heterocycles. The Balaban J connectivity index is 1.15. The molecule has 0 saturated carbocycles. The van der Waals surface area contributed by atoms with Crippen LogP contribution in [0.5, 0.6) is 5.75 Å². The van der Waals surface area contributed by atoms with Crippen LogP contribution in [-0.2, 0) is 0 Å². The second kappa shape index (κ2) is 8.94. The van der Waals surface area contributed by atoms with Crippen molar-refractivity contribution in [2.24, 2.45) is 0 Å². The summed E-state index contributed by atoms with van der Waals surface area (Å²) < 4.78 is 22.1. The zero-order valence-electron chi connectivity index (χ0n) is 21.2. The van der Waals surface area contributed by atoms with Crippen LogP contribution in [0.1, 0.15) is 30.1 Å². The van der Waals surface area contributed by atoms with Gasteiger partial charge in [0.1, 0.15) is 17.4 Å². The Morgan fingerprint density at radius 2 is 2.10 bits per heavy atom. The summed E-state index contributed by atoms with van der Waals surface area (Å²) in [6, 6.07) is 10.4. The number of carbonyl (C=O) groups excluding carboxylic acids is 1. The third kappa shape index (κ3) is 3.73. The molecule has 2 aliphatic rings. The first-order valence-electron chi connectivity index (χ1n) is 12.9. The van der Waals surface area contributed by atoms with Gasteiger partial charge in [0.2, 0.25) is 0 Å². The van der Waals surface area contributed by atoms with E-state index in [4.69, 9.17) is 21.3 Å². The average molecular weight is 546 g/mol. The molecule has 1 spiro atoms. The monoisotopic (exact) mass is 545 g/mol. The van der Waals surface area contributed by atoms with E-state index in [1.807, 2.05) is 42.0 Å². The first kappa shape index (κ1) is 23.9. The number of rotatable bonds is 5. The topological polar surface area (TPSA) is 91.6 Å². The first-order valence-corrected chi connectivity index (χ1v) is 13.3. The van der Waals surface area contributed by atoms with Gasteiger partial charge in [0, 0.05) is 37.0 Å². The van der Waals surface area contributed by atoms with Crippen molar-refractivity contribution in [2.45, 2.75) is 25.3 Å². The molecule has 198 valence electrons. The van der Waals surface area contributed by atoms with Gasteiger partial charge < -0.3 is 14.5 Å². The highest BCUT2D eigenvalue weighted by molar-refractivity contribution is 6.33. The normalized spacial score (nSPS) is 16.4. The molecule has 5 aromatic rings. The number of nitrogens with zero attached hydrogens (tertiary/aromatic N) is 6. The van der Waals surface area contributed by atoms with E-state index in [9.17, 15) is 9.18 Å². The van der Waals surface area contributed by atoms with Crippen LogP contribution < -0.4 is 9.64 Å². The van der Waals surface area contributed by atoms with Crippen molar-refractivity contribution in [1.29, 1.82) is 0 Å². The van der Waals surface area contributed by atoms with Crippen LogP contribution in [0.4, 0.5) is 10.2 Å². The quantitative estimate of drug-likeness (QED) is 0.336. The molecule has 0 unspecified atom stereocenters. The van der Waals surface area contributed by atoms with E-state index in [1.165, 1.54) is 12.1 Å². The Labute approximate surface area is 228 Å². The molecular formula is C28H25ClFN7O2. The standard InChI is InChI=1S/C28H25ClFN7O2/c1-2-39-18-11-19(25-20-13-32-33-26(20)34-37(25)14-18)17-7-8-23(31-12-17)35-15-28(16-35)9-4-10-36(28)27(38)24-21(29)5-3-6-22(24)30/h3,5-8,11-14H,2,4,9-10,15-16H2,1H3,(H,33,34). The Morgan fingerprint density at radius 1 is 1.23 bits per heavy atom. The number of amides is 1. The smallest absolute Gasteiger partial charge is 0.258 e. The Morgan fingerprint density at radius 3 is 2.87 bits per heavy atom. The van der Waals surface area contributed by atoms with Crippen LogP contribution in [0.3, 0.4) is 0 Å². The van der Waals surface area contributed by atoms with Crippen molar-refractivity contribution in [3.8, 4) is 16.9 Å². The molecule has 0 bridgehead atoms. The van der Waals surface area contributed by atoms with Gasteiger partial charge in [-0.25, -0.2) is 13.9 Å². The van der Waals surface area contributed by atoms with Gasteiger partial charge in [-0.15, -0.1) is 5.10 Å². The lowest BCUT2D eigenvalue weighted by molar-refractivity contribution is 0.0519. The van der Waals surface area contributed by atoms with Crippen molar-refractivity contribution in [2.75, 3.05) is 31.1 Å². The second-order valence-electron chi connectivity index (χ2n) is 10.1. The maximum Gasteiger partial charge on any atom is 0.258 e. The predicted molar refractivity (Wildman–Crippen MR) is 146 cm³/mol. The molecule has 2 aliphatic heterocycles. The zero-order chi connectivity index (χ0) is 26.7. The summed E-state index contributed by atoms with van der Waals surface area (Å²) in [4.78, 5) is 22.0. The molecule has 39 heavy (non-hydrogen) atoms. The number of pyridine rings is 2. The van der Waals surface area contributed by atoms with E-state index in [0.717, 1.165) is 40.7 Å². The molecule has 7 rings (SSSR count). The number of carbonyl (C=O) groups is 1. The van der Waals surface area contributed by atoms with Gasteiger partial charge in [0.15, 0.2) is 5.65 Å². The van der Waals surface area contributed by atoms with Crippen LogP contribution in [0.25, 0.3) is 27.7 Å². The van der Waals surface area contributed by atoms with Crippen molar-refractivity contribution in [3.05, 3.63) is 71.4 Å². The summed E-state index contributed by atoms with van der Waals surface area (Å²) in [5.74, 6) is 0.610. The third-order valence-electron chi connectivity index (χ3n) is 7.78. The number of anilines is 1. The number of nitrogens with one attached hydrogen (secondary N) is 1. The number of benzene rings is 1. The molecule has 11 heteroatoms. The number of ether oxygens (including phenoxy) is 1. The van der Waals surface area contributed by atoms with Gasteiger partial charge in [0.05, 0.1) is 46.0 Å². The summed E-state index contributed by atoms with van der Waals surface area (Å²) >= 11 is 6.20. The van der Waals surface area contributed by atoms with E-state index >= 15 is 0 Å². The van der Waals surface area contributed by atoms with Crippen molar-refractivity contribution >= 4 is 39.9 Å². The third-order valence-corrected chi connectivity index (χ3v) is 8.10. The van der Waals surface area contributed by atoms with E-state index in [1.54, 1.807) is 17.2 Å². The minimum Gasteiger partial charge on any atom is -0.492 e. The summed E-state index contributed by atoms with van der Waals surface area (Å²) in [6.45, 7) is 4.35. The largest absolute Gasteiger partial charge is 0.492 e. The molecule has 1 N–H and O–H groups in total. The maximum absolute atomic E-state index is 14.5. The second-order valence-corrected chi connectivity index (χ2v) is 10.5. The lowest BCUT2D eigenvalue weighted by atomic mass is 9.86.